The molecule has 1 unspecified atom stereocenters. The van der Waals surface area contributed by atoms with Gasteiger partial charge in [0.05, 0.1) is 5.69 Å². The molecule has 3 N–H and O–H groups in total. The van der Waals surface area contributed by atoms with Crippen LogP contribution in [0.2, 0.25) is 0 Å². The van der Waals surface area contributed by atoms with Crippen LogP contribution in [0.25, 0.3) is 22.4 Å². The molecule has 0 saturated heterocycles. The van der Waals surface area contributed by atoms with Gasteiger partial charge >= 0.3 is 0 Å². The molecule has 0 fully saturated rings. The highest BCUT2D eigenvalue weighted by Crippen LogP contribution is 2.33. The van der Waals surface area contributed by atoms with Crippen LogP contribution >= 0.6 is 0 Å². The third-order valence-corrected chi connectivity index (χ3v) is 4.61. The maximum atomic E-state index is 13.8. The van der Waals surface area contributed by atoms with Gasteiger partial charge in [-0.15, -0.1) is 0 Å². The zero-order chi connectivity index (χ0) is 21.0. The fourth-order valence-corrected chi connectivity index (χ4v) is 2.93. The minimum absolute atomic E-state index is 0.0356. The molecule has 0 spiro atoms. The van der Waals surface area contributed by atoms with E-state index >= 15 is 0 Å². The topological polar surface area (TPSA) is 74.2 Å². The van der Waals surface area contributed by atoms with Crippen LogP contribution in [0.1, 0.15) is 27.2 Å². The van der Waals surface area contributed by atoms with Gasteiger partial charge in [0.2, 0.25) is 5.91 Å². The lowest BCUT2D eigenvalue weighted by atomic mass is 10.0. The highest BCUT2D eigenvalue weighted by Gasteiger charge is 2.12. The first-order chi connectivity index (χ1) is 13.9. The van der Waals surface area contributed by atoms with Crippen LogP contribution in [-0.2, 0) is 4.79 Å². The molecular formula is C23H24FN3O2. The number of hydrogen-bond donors (Lipinski definition) is 3. The Kier molecular flexibility index (Phi) is 6.12. The SMILES string of the molecule is CCC(C)Nc1cc(-c2ccc(NC(C)=O)cc2)cc(-c2cc(F)ccc2O)n1. The van der Waals surface area contributed by atoms with E-state index < -0.39 is 5.82 Å². The summed E-state index contributed by atoms with van der Waals surface area (Å²) < 4.78 is 13.8. The largest absolute Gasteiger partial charge is 0.507 e. The van der Waals surface area contributed by atoms with Crippen LogP contribution in [-0.4, -0.2) is 22.0 Å². The predicted molar refractivity (Wildman–Crippen MR) is 114 cm³/mol. The lowest BCUT2D eigenvalue weighted by molar-refractivity contribution is -0.114. The van der Waals surface area contributed by atoms with Gasteiger partial charge < -0.3 is 15.7 Å². The van der Waals surface area contributed by atoms with E-state index in [0.29, 0.717) is 22.8 Å². The van der Waals surface area contributed by atoms with E-state index in [2.05, 4.69) is 29.5 Å². The number of pyridine rings is 1. The second-order valence-corrected chi connectivity index (χ2v) is 7.00. The number of nitrogens with one attached hydrogen (secondary N) is 2. The van der Waals surface area contributed by atoms with Gasteiger partial charge in [-0.3, -0.25) is 4.79 Å². The van der Waals surface area contributed by atoms with Gasteiger partial charge in [0, 0.05) is 24.2 Å². The van der Waals surface area contributed by atoms with Crippen LogP contribution in [0.4, 0.5) is 15.9 Å². The third-order valence-electron chi connectivity index (χ3n) is 4.61. The van der Waals surface area contributed by atoms with Crippen molar-refractivity contribution in [2.45, 2.75) is 33.2 Å². The second kappa shape index (κ2) is 8.73. The van der Waals surface area contributed by atoms with Crippen molar-refractivity contribution in [1.82, 2.24) is 4.98 Å². The summed E-state index contributed by atoms with van der Waals surface area (Å²) in [5.74, 6) is 0.0275. The summed E-state index contributed by atoms with van der Waals surface area (Å²) in [5, 5.41) is 16.3. The Bertz CT molecular complexity index is 1020. The molecule has 0 radical (unpaired) electrons. The molecule has 0 aliphatic carbocycles. The summed E-state index contributed by atoms with van der Waals surface area (Å²) >= 11 is 0. The number of benzene rings is 2. The van der Waals surface area contributed by atoms with Crippen molar-refractivity contribution < 1.29 is 14.3 Å². The molecule has 0 aliphatic heterocycles. The van der Waals surface area contributed by atoms with Crippen molar-refractivity contribution in [3.63, 3.8) is 0 Å². The number of aromatic hydroxyl groups is 1. The van der Waals surface area contributed by atoms with Crippen LogP contribution in [0.5, 0.6) is 5.75 Å². The molecule has 5 nitrogen and oxygen atoms in total. The van der Waals surface area contributed by atoms with Crippen molar-refractivity contribution in [3.8, 4) is 28.1 Å². The maximum absolute atomic E-state index is 13.8. The van der Waals surface area contributed by atoms with E-state index in [1.807, 2.05) is 36.4 Å². The summed E-state index contributed by atoms with van der Waals surface area (Å²) in [5.41, 5.74) is 3.27. The number of phenolic OH excluding ortho intramolecular Hbond substituents is 1. The predicted octanol–water partition coefficient (Wildman–Crippen LogP) is 5.43. The van der Waals surface area contributed by atoms with Gasteiger partial charge in [0.25, 0.3) is 0 Å². The van der Waals surface area contributed by atoms with Gasteiger partial charge in [-0.05, 0) is 66.9 Å². The minimum atomic E-state index is -0.443. The quantitative estimate of drug-likeness (QED) is 0.522. The zero-order valence-electron chi connectivity index (χ0n) is 16.7. The number of anilines is 2. The summed E-state index contributed by atoms with van der Waals surface area (Å²) in [6, 6.07) is 15.2. The minimum Gasteiger partial charge on any atom is -0.507 e. The normalized spacial score (nSPS) is 11.7. The molecule has 29 heavy (non-hydrogen) atoms. The monoisotopic (exact) mass is 393 g/mol. The third kappa shape index (κ3) is 5.10. The summed E-state index contributed by atoms with van der Waals surface area (Å²) in [6.07, 6.45) is 0.915. The number of nitrogens with zero attached hydrogens (tertiary/aromatic N) is 1. The number of phenols is 1. The first-order valence-corrected chi connectivity index (χ1v) is 9.51. The number of rotatable bonds is 6. The Morgan fingerprint density at radius 3 is 2.48 bits per heavy atom. The average Bonchev–Trinajstić information content (AvgIpc) is 2.69. The fourth-order valence-electron chi connectivity index (χ4n) is 2.93. The van der Waals surface area contributed by atoms with E-state index in [9.17, 15) is 14.3 Å². The number of carbonyl (C=O) groups is 1. The Balaban J connectivity index is 2.07. The molecule has 150 valence electrons. The molecule has 1 heterocycles. The van der Waals surface area contributed by atoms with E-state index in [1.165, 1.54) is 25.1 Å². The number of hydrogen-bond acceptors (Lipinski definition) is 4. The van der Waals surface area contributed by atoms with Gasteiger partial charge in [0.15, 0.2) is 0 Å². The number of amides is 1. The van der Waals surface area contributed by atoms with Crippen LogP contribution in [0, 0.1) is 5.82 Å². The van der Waals surface area contributed by atoms with E-state index in [1.54, 1.807) is 0 Å². The molecule has 3 aromatic rings. The average molecular weight is 393 g/mol. The lowest BCUT2D eigenvalue weighted by Crippen LogP contribution is -2.14. The molecule has 1 amide bonds. The van der Waals surface area contributed by atoms with E-state index in [0.717, 1.165) is 17.5 Å². The fraction of sp³-hybridized carbons (Fsp3) is 0.217. The van der Waals surface area contributed by atoms with Gasteiger partial charge in [-0.2, -0.15) is 0 Å². The molecular weight excluding hydrogens is 369 g/mol. The zero-order valence-corrected chi connectivity index (χ0v) is 16.7. The molecule has 2 aromatic carbocycles. The molecule has 0 saturated carbocycles. The first kappa shape index (κ1) is 20.3. The number of halogens is 1. The van der Waals surface area contributed by atoms with Crippen LogP contribution in [0.15, 0.2) is 54.6 Å². The van der Waals surface area contributed by atoms with E-state index in [-0.39, 0.29) is 17.7 Å². The lowest BCUT2D eigenvalue weighted by Gasteiger charge is -2.16. The Labute approximate surface area is 169 Å². The van der Waals surface area contributed by atoms with Crippen molar-refractivity contribution >= 4 is 17.4 Å². The summed E-state index contributed by atoms with van der Waals surface area (Å²) in [6.45, 7) is 5.58. The molecule has 1 atom stereocenters. The van der Waals surface area contributed by atoms with Gasteiger partial charge in [0.1, 0.15) is 17.4 Å². The summed E-state index contributed by atoms with van der Waals surface area (Å²) in [4.78, 5) is 15.8. The van der Waals surface area contributed by atoms with Crippen LogP contribution < -0.4 is 10.6 Å². The summed E-state index contributed by atoms with van der Waals surface area (Å²) in [7, 11) is 0. The van der Waals surface area contributed by atoms with Gasteiger partial charge in [-0.25, -0.2) is 9.37 Å². The standard InChI is InChI=1S/C23H24FN3O2/c1-4-14(2)25-23-12-17(16-5-8-19(9-6-16)26-15(3)28)11-21(27-23)20-13-18(24)7-10-22(20)29/h5-14,29H,4H2,1-3H3,(H,25,27)(H,26,28). The number of aromatic nitrogens is 1. The smallest absolute Gasteiger partial charge is 0.221 e. The maximum Gasteiger partial charge on any atom is 0.221 e. The molecule has 0 bridgehead atoms. The highest BCUT2D eigenvalue weighted by atomic mass is 19.1. The van der Waals surface area contributed by atoms with Crippen molar-refractivity contribution in [2.75, 3.05) is 10.6 Å². The molecule has 6 heteroatoms. The molecule has 1 aromatic heterocycles. The second-order valence-electron chi connectivity index (χ2n) is 7.00. The highest BCUT2D eigenvalue weighted by molar-refractivity contribution is 5.89. The van der Waals surface area contributed by atoms with Crippen molar-refractivity contribution in [3.05, 3.63) is 60.4 Å². The molecule has 0 aliphatic rings. The van der Waals surface area contributed by atoms with Crippen molar-refractivity contribution in [2.24, 2.45) is 0 Å². The Morgan fingerprint density at radius 2 is 1.83 bits per heavy atom. The molecule has 3 rings (SSSR count). The number of carbonyl (C=O) groups excluding carboxylic acids is 1. The first-order valence-electron chi connectivity index (χ1n) is 9.51. The Morgan fingerprint density at radius 1 is 1.10 bits per heavy atom. The van der Waals surface area contributed by atoms with Crippen LogP contribution in [0.3, 0.4) is 0 Å². The van der Waals surface area contributed by atoms with E-state index in [4.69, 9.17) is 0 Å². The van der Waals surface area contributed by atoms with Gasteiger partial charge in [-0.1, -0.05) is 19.1 Å². The van der Waals surface area contributed by atoms with Crippen molar-refractivity contribution in [1.29, 1.82) is 0 Å². The Hall–Kier alpha value is -3.41.